The Bertz CT molecular complexity index is 640. The van der Waals surface area contributed by atoms with E-state index in [-0.39, 0.29) is 17.6 Å². The number of hydrogen-bond donors (Lipinski definition) is 1. The minimum absolute atomic E-state index is 0.0550. The van der Waals surface area contributed by atoms with Gasteiger partial charge in [-0.3, -0.25) is 9.10 Å². The van der Waals surface area contributed by atoms with Gasteiger partial charge in [0.1, 0.15) is 0 Å². The molecule has 0 saturated carbocycles. The number of hydrogen-bond acceptors (Lipinski definition) is 3. The number of rotatable bonds is 6. The number of nitrogens with zero attached hydrogens (tertiary/aromatic N) is 1. The summed E-state index contributed by atoms with van der Waals surface area (Å²) in [5.41, 5.74) is 1.67. The molecule has 1 fully saturated rings. The molecular weight excluding hydrogens is 312 g/mol. The molecule has 0 unspecified atom stereocenters. The first kappa shape index (κ1) is 17.8. The van der Waals surface area contributed by atoms with Crippen molar-refractivity contribution in [2.75, 3.05) is 16.6 Å². The molecule has 128 valence electrons. The van der Waals surface area contributed by atoms with Gasteiger partial charge < -0.3 is 5.32 Å². The van der Waals surface area contributed by atoms with Gasteiger partial charge in [0.15, 0.2) is 0 Å². The highest BCUT2D eigenvalue weighted by molar-refractivity contribution is 7.93. The zero-order valence-electron chi connectivity index (χ0n) is 14.1. The van der Waals surface area contributed by atoms with Crippen molar-refractivity contribution in [3.05, 3.63) is 29.8 Å². The minimum atomic E-state index is -3.18. The molecule has 1 aliphatic heterocycles. The van der Waals surface area contributed by atoms with Gasteiger partial charge in [-0.2, -0.15) is 0 Å². The van der Waals surface area contributed by atoms with Crippen LogP contribution < -0.4 is 9.62 Å². The van der Waals surface area contributed by atoms with Gasteiger partial charge >= 0.3 is 0 Å². The van der Waals surface area contributed by atoms with E-state index in [4.69, 9.17) is 0 Å². The van der Waals surface area contributed by atoms with Crippen LogP contribution in [0.15, 0.2) is 24.3 Å². The maximum absolute atomic E-state index is 12.1. The van der Waals surface area contributed by atoms with Gasteiger partial charge in [-0.05, 0) is 29.5 Å². The lowest BCUT2D eigenvalue weighted by Crippen LogP contribution is -2.26. The third-order valence-electron chi connectivity index (χ3n) is 4.25. The van der Waals surface area contributed by atoms with Crippen LogP contribution in [0, 0.1) is 11.8 Å². The van der Waals surface area contributed by atoms with Crippen molar-refractivity contribution in [2.45, 2.75) is 40.2 Å². The first-order valence-electron chi connectivity index (χ1n) is 8.18. The Morgan fingerprint density at radius 3 is 2.52 bits per heavy atom. The number of carbonyl (C=O) groups excluding carboxylic acids is 1. The van der Waals surface area contributed by atoms with Crippen molar-refractivity contribution >= 4 is 21.6 Å². The maximum Gasteiger partial charge on any atom is 0.235 e. The second kappa shape index (κ2) is 7.34. The van der Waals surface area contributed by atoms with Gasteiger partial charge in [0, 0.05) is 19.5 Å². The maximum atomic E-state index is 12.1. The molecule has 1 amide bonds. The fourth-order valence-electron chi connectivity index (χ4n) is 2.68. The topological polar surface area (TPSA) is 66.5 Å². The third kappa shape index (κ3) is 4.70. The Labute approximate surface area is 139 Å². The SMILES string of the molecule is CC[C@@H](C)CC(=O)NCc1ccc(N2C[C@H](C)CS2(=O)=O)cc1. The molecule has 5 nitrogen and oxygen atoms in total. The molecule has 6 heteroatoms. The normalized spacial score (nSPS) is 21.2. The summed E-state index contributed by atoms with van der Waals surface area (Å²) in [6.45, 7) is 7.08. The van der Waals surface area contributed by atoms with Crippen molar-refractivity contribution in [1.29, 1.82) is 0 Å². The molecule has 1 N–H and O–H groups in total. The van der Waals surface area contributed by atoms with Crippen molar-refractivity contribution in [3.8, 4) is 0 Å². The largest absolute Gasteiger partial charge is 0.352 e. The second-order valence-electron chi connectivity index (χ2n) is 6.58. The van der Waals surface area contributed by atoms with Crippen LogP contribution in [0.25, 0.3) is 0 Å². The van der Waals surface area contributed by atoms with Gasteiger partial charge in [-0.1, -0.05) is 39.3 Å². The standard InChI is InChI=1S/C17H26N2O3S/c1-4-13(2)9-17(20)18-10-15-5-7-16(8-6-15)19-11-14(3)12-23(19,21)22/h5-8,13-14H,4,9-12H2,1-3H3,(H,18,20)/t13-,14+/m1/s1. The summed E-state index contributed by atoms with van der Waals surface area (Å²) in [5.74, 6) is 0.805. The fourth-order valence-corrected chi connectivity index (χ4v) is 4.61. The number of amides is 1. The molecule has 0 bridgehead atoms. The molecule has 0 radical (unpaired) electrons. The average Bonchev–Trinajstić information content (AvgIpc) is 2.78. The van der Waals surface area contributed by atoms with Crippen LogP contribution in [-0.4, -0.2) is 26.6 Å². The monoisotopic (exact) mass is 338 g/mol. The zero-order valence-corrected chi connectivity index (χ0v) is 14.9. The predicted molar refractivity (Wildman–Crippen MR) is 92.7 cm³/mol. The summed E-state index contributed by atoms with van der Waals surface area (Å²) in [4.78, 5) is 11.8. The molecule has 1 aromatic carbocycles. The molecule has 0 aliphatic carbocycles. The van der Waals surface area contributed by atoms with Crippen molar-refractivity contribution in [1.82, 2.24) is 5.32 Å². The highest BCUT2D eigenvalue weighted by atomic mass is 32.2. The lowest BCUT2D eigenvalue weighted by atomic mass is 10.1. The van der Waals surface area contributed by atoms with E-state index in [0.717, 1.165) is 12.0 Å². The molecule has 2 atom stereocenters. The molecule has 1 saturated heterocycles. The van der Waals surface area contributed by atoms with Crippen LogP contribution >= 0.6 is 0 Å². The number of nitrogens with one attached hydrogen (secondary N) is 1. The van der Waals surface area contributed by atoms with Crippen LogP contribution in [0.2, 0.25) is 0 Å². The van der Waals surface area contributed by atoms with Crippen molar-refractivity contribution in [2.24, 2.45) is 11.8 Å². The van der Waals surface area contributed by atoms with Crippen LogP contribution in [-0.2, 0) is 21.4 Å². The first-order chi connectivity index (χ1) is 10.8. The Morgan fingerprint density at radius 2 is 2.00 bits per heavy atom. The number of sulfonamides is 1. The summed E-state index contributed by atoms with van der Waals surface area (Å²) < 4.78 is 25.6. The Balaban J connectivity index is 1.94. The van der Waals surface area contributed by atoms with E-state index in [1.807, 2.05) is 31.2 Å². The van der Waals surface area contributed by atoms with E-state index in [0.29, 0.717) is 31.1 Å². The summed E-state index contributed by atoms with van der Waals surface area (Å²) >= 11 is 0. The quantitative estimate of drug-likeness (QED) is 0.867. The number of benzene rings is 1. The minimum Gasteiger partial charge on any atom is -0.352 e. The van der Waals surface area contributed by atoms with E-state index in [9.17, 15) is 13.2 Å². The van der Waals surface area contributed by atoms with E-state index in [2.05, 4.69) is 19.2 Å². The van der Waals surface area contributed by atoms with Gasteiger partial charge in [-0.25, -0.2) is 8.42 Å². The molecule has 1 aromatic rings. The van der Waals surface area contributed by atoms with E-state index >= 15 is 0 Å². The molecule has 0 aromatic heterocycles. The summed E-state index contributed by atoms with van der Waals surface area (Å²) in [5, 5.41) is 2.91. The van der Waals surface area contributed by atoms with E-state index < -0.39 is 10.0 Å². The van der Waals surface area contributed by atoms with Crippen LogP contribution in [0.3, 0.4) is 0 Å². The average molecular weight is 338 g/mol. The second-order valence-corrected chi connectivity index (χ2v) is 8.51. The van der Waals surface area contributed by atoms with Crippen LogP contribution in [0.4, 0.5) is 5.69 Å². The molecule has 1 aliphatic rings. The molecule has 2 rings (SSSR count). The lowest BCUT2D eigenvalue weighted by molar-refractivity contribution is -0.122. The Hall–Kier alpha value is -1.56. The first-order valence-corrected chi connectivity index (χ1v) is 9.78. The Kier molecular flexibility index (Phi) is 5.68. The summed E-state index contributed by atoms with van der Waals surface area (Å²) in [6, 6.07) is 7.37. The van der Waals surface area contributed by atoms with Gasteiger partial charge in [0.25, 0.3) is 0 Å². The van der Waals surface area contributed by atoms with Crippen molar-refractivity contribution < 1.29 is 13.2 Å². The van der Waals surface area contributed by atoms with E-state index in [1.54, 1.807) is 0 Å². The molecule has 0 spiro atoms. The number of carbonyl (C=O) groups is 1. The smallest absolute Gasteiger partial charge is 0.235 e. The fraction of sp³-hybridized carbons (Fsp3) is 0.588. The number of anilines is 1. The molecule has 1 heterocycles. The van der Waals surface area contributed by atoms with Crippen LogP contribution in [0.5, 0.6) is 0 Å². The lowest BCUT2D eigenvalue weighted by Gasteiger charge is -2.17. The van der Waals surface area contributed by atoms with Crippen molar-refractivity contribution in [3.63, 3.8) is 0 Å². The van der Waals surface area contributed by atoms with Gasteiger partial charge in [0.05, 0.1) is 11.4 Å². The zero-order chi connectivity index (χ0) is 17.0. The predicted octanol–water partition coefficient (Wildman–Crippen LogP) is 2.52. The van der Waals surface area contributed by atoms with Gasteiger partial charge in [-0.15, -0.1) is 0 Å². The third-order valence-corrected chi connectivity index (χ3v) is 6.27. The van der Waals surface area contributed by atoms with E-state index in [1.165, 1.54) is 4.31 Å². The molecule has 23 heavy (non-hydrogen) atoms. The summed E-state index contributed by atoms with van der Waals surface area (Å²) in [7, 11) is -3.18. The highest BCUT2D eigenvalue weighted by Crippen LogP contribution is 2.26. The highest BCUT2D eigenvalue weighted by Gasteiger charge is 2.33. The van der Waals surface area contributed by atoms with Crippen LogP contribution in [0.1, 0.15) is 39.2 Å². The Morgan fingerprint density at radius 1 is 1.35 bits per heavy atom. The summed E-state index contributed by atoms with van der Waals surface area (Å²) in [6.07, 6.45) is 1.53. The van der Waals surface area contributed by atoms with Gasteiger partial charge in [0.2, 0.25) is 15.9 Å². The molecular formula is C17H26N2O3S.